The van der Waals surface area contributed by atoms with Crippen molar-refractivity contribution < 1.29 is 19.1 Å². The molecular formula is C18H20N2O4S. The second kappa shape index (κ2) is 7.00. The Bertz CT molecular complexity index is 726. The van der Waals surface area contributed by atoms with Crippen molar-refractivity contribution in [2.24, 2.45) is 4.99 Å². The van der Waals surface area contributed by atoms with Gasteiger partial charge in [0.05, 0.1) is 22.8 Å². The van der Waals surface area contributed by atoms with Crippen molar-refractivity contribution in [2.75, 3.05) is 18.9 Å². The summed E-state index contributed by atoms with van der Waals surface area (Å²) in [6.07, 6.45) is 1.25. The van der Waals surface area contributed by atoms with Gasteiger partial charge in [0.1, 0.15) is 0 Å². The van der Waals surface area contributed by atoms with Gasteiger partial charge in [-0.1, -0.05) is 12.1 Å². The number of hydrogen-bond donors (Lipinski definition) is 0. The maximum Gasteiger partial charge on any atom is 0.334 e. The van der Waals surface area contributed by atoms with Crippen molar-refractivity contribution in [1.82, 2.24) is 4.90 Å². The number of imide groups is 1. The summed E-state index contributed by atoms with van der Waals surface area (Å²) in [5.41, 5.74) is 0.107. The van der Waals surface area contributed by atoms with Gasteiger partial charge in [-0.15, -0.1) is 11.8 Å². The molecule has 1 aromatic rings. The summed E-state index contributed by atoms with van der Waals surface area (Å²) >= 11 is 1.54. The molecule has 25 heavy (non-hydrogen) atoms. The average Bonchev–Trinajstić information content (AvgIpc) is 3.10. The van der Waals surface area contributed by atoms with Crippen LogP contribution in [0.25, 0.3) is 0 Å². The number of carbonyl (C=O) groups excluding carboxylic acids is 3. The number of hydrogen-bond acceptors (Lipinski definition) is 6. The molecule has 0 spiro atoms. The minimum atomic E-state index is -0.828. The van der Waals surface area contributed by atoms with Crippen LogP contribution in [0.4, 0.5) is 0 Å². The molecule has 1 atom stereocenters. The highest BCUT2D eigenvalue weighted by Gasteiger charge is 2.39. The molecule has 1 aromatic carbocycles. The monoisotopic (exact) mass is 360 g/mol. The zero-order chi connectivity index (χ0) is 18.0. The number of amides is 2. The molecule has 0 aliphatic carbocycles. The first kappa shape index (κ1) is 17.7. The van der Waals surface area contributed by atoms with Gasteiger partial charge in [-0.2, -0.15) is 0 Å². The molecule has 0 saturated heterocycles. The molecule has 0 bridgehead atoms. The van der Waals surface area contributed by atoms with Crippen molar-refractivity contribution >= 4 is 34.6 Å². The van der Waals surface area contributed by atoms with Gasteiger partial charge < -0.3 is 4.74 Å². The molecule has 2 heterocycles. The van der Waals surface area contributed by atoms with Crippen molar-refractivity contribution in [3.63, 3.8) is 0 Å². The smallest absolute Gasteiger partial charge is 0.334 e. The number of rotatable bonds is 6. The first-order valence-electron chi connectivity index (χ1n) is 8.30. The molecule has 2 amide bonds. The van der Waals surface area contributed by atoms with Crippen molar-refractivity contribution in [2.45, 2.75) is 32.2 Å². The SMILES string of the molecule is CCOC(=O)C1(C)CSC(CCCN2C(=O)c3ccccc3C2=O)=N1. The number of ether oxygens (including phenoxy) is 1. The van der Waals surface area contributed by atoms with E-state index in [-0.39, 0.29) is 17.8 Å². The summed E-state index contributed by atoms with van der Waals surface area (Å²) in [6.45, 7) is 4.23. The Kier molecular flexibility index (Phi) is 4.94. The summed E-state index contributed by atoms with van der Waals surface area (Å²) < 4.78 is 5.07. The third kappa shape index (κ3) is 3.33. The van der Waals surface area contributed by atoms with E-state index in [1.807, 2.05) is 0 Å². The summed E-state index contributed by atoms with van der Waals surface area (Å²) in [6, 6.07) is 6.87. The highest BCUT2D eigenvalue weighted by Crippen LogP contribution is 2.31. The van der Waals surface area contributed by atoms with Gasteiger partial charge in [0.15, 0.2) is 5.54 Å². The molecule has 1 unspecified atom stereocenters. The fraction of sp³-hybridized carbons (Fsp3) is 0.444. The fourth-order valence-corrected chi connectivity index (χ4v) is 4.10. The number of aliphatic imine (C=N–C) groups is 1. The van der Waals surface area contributed by atoms with E-state index in [0.29, 0.717) is 42.9 Å². The van der Waals surface area contributed by atoms with Gasteiger partial charge in [-0.05, 0) is 38.8 Å². The van der Waals surface area contributed by atoms with Crippen LogP contribution < -0.4 is 0 Å². The minimum absolute atomic E-state index is 0.238. The second-order valence-electron chi connectivity index (χ2n) is 6.20. The number of benzene rings is 1. The van der Waals surface area contributed by atoms with Crippen LogP contribution in [0.1, 0.15) is 47.4 Å². The predicted molar refractivity (Wildman–Crippen MR) is 96.0 cm³/mol. The number of thioether (sulfide) groups is 1. The average molecular weight is 360 g/mol. The topological polar surface area (TPSA) is 76.0 Å². The number of carbonyl (C=O) groups is 3. The van der Waals surface area contributed by atoms with Crippen molar-refractivity contribution in [3.8, 4) is 0 Å². The van der Waals surface area contributed by atoms with Gasteiger partial charge in [0.25, 0.3) is 11.8 Å². The molecule has 2 aliphatic rings. The van der Waals surface area contributed by atoms with Gasteiger partial charge in [0, 0.05) is 12.3 Å². The Balaban J connectivity index is 1.57. The van der Waals surface area contributed by atoms with Crippen LogP contribution in [0.3, 0.4) is 0 Å². The summed E-state index contributed by atoms with van der Waals surface area (Å²) in [4.78, 5) is 42.4. The van der Waals surface area contributed by atoms with Gasteiger partial charge >= 0.3 is 5.97 Å². The van der Waals surface area contributed by atoms with Gasteiger partial charge in [0.2, 0.25) is 0 Å². The standard InChI is InChI=1S/C18H20N2O4S/c1-3-24-17(23)18(2)11-25-14(19-18)9-6-10-20-15(21)12-7-4-5-8-13(12)16(20)22/h4-5,7-8H,3,6,9-11H2,1-2H3. The van der Waals surface area contributed by atoms with Crippen LogP contribution in [0.15, 0.2) is 29.3 Å². The minimum Gasteiger partial charge on any atom is -0.464 e. The maximum absolute atomic E-state index is 12.3. The maximum atomic E-state index is 12.3. The normalized spacial score (nSPS) is 22.2. The lowest BCUT2D eigenvalue weighted by molar-refractivity contribution is -0.147. The molecule has 7 heteroatoms. The molecule has 0 N–H and O–H groups in total. The second-order valence-corrected chi connectivity index (χ2v) is 7.25. The molecule has 3 rings (SSSR count). The largest absolute Gasteiger partial charge is 0.464 e. The van der Waals surface area contributed by atoms with E-state index in [4.69, 9.17) is 4.74 Å². The van der Waals surface area contributed by atoms with E-state index in [2.05, 4.69) is 4.99 Å². The Morgan fingerprint density at radius 3 is 2.52 bits per heavy atom. The lowest BCUT2D eigenvalue weighted by atomic mass is 10.1. The van der Waals surface area contributed by atoms with Crippen molar-refractivity contribution in [1.29, 1.82) is 0 Å². The predicted octanol–water partition coefficient (Wildman–Crippen LogP) is 2.53. The first-order valence-corrected chi connectivity index (χ1v) is 9.29. The highest BCUT2D eigenvalue weighted by molar-refractivity contribution is 8.14. The molecule has 132 valence electrons. The van der Waals surface area contributed by atoms with Crippen LogP contribution in [0.2, 0.25) is 0 Å². The molecule has 0 aromatic heterocycles. The van der Waals surface area contributed by atoms with Crippen LogP contribution in [-0.2, 0) is 9.53 Å². The lowest BCUT2D eigenvalue weighted by Gasteiger charge is -2.16. The molecule has 0 radical (unpaired) electrons. The van der Waals surface area contributed by atoms with Crippen LogP contribution >= 0.6 is 11.8 Å². The van der Waals surface area contributed by atoms with E-state index in [1.165, 1.54) is 16.7 Å². The summed E-state index contributed by atoms with van der Waals surface area (Å²) in [5.74, 6) is -0.220. The van der Waals surface area contributed by atoms with E-state index < -0.39 is 5.54 Å². The van der Waals surface area contributed by atoms with E-state index in [1.54, 1.807) is 38.1 Å². The fourth-order valence-electron chi connectivity index (χ4n) is 2.91. The molecular weight excluding hydrogens is 340 g/mol. The zero-order valence-electron chi connectivity index (χ0n) is 14.3. The van der Waals surface area contributed by atoms with Crippen LogP contribution in [0, 0.1) is 0 Å². The Labute approximate surface area is 150 Å². The molecule has 2 aliphatic heterocycles. The van der Waals surface area contributed by atoms with E-state index >= 15 is 0 Å². The highest BCUT2D eigenvalue weighted by atomic mass is 32.2. The Morgan fingerprint density at radius 1 is 1.28 bits per heavy atom. The summed E-state index contributed by atoms with van der Waals surface area (Å²) in [7, 11) is 0. The summed E-state index contributed by atoms with van der Waals surface area (Å²) in [5, 5.41) is 0.868. The third-order valence-corrected chi connectivity index (χ3v) is 5.59. The Morgan fingerprint density at radius 2 is 1.92 bits per heavy atom. The number of fused-ring (bicyclic) bond motifs is 1. The van der Waals surface area contributed by atoms with E-state index in [0.717, 1.165) is 5.04 Å². The van der Waals surface area contributed by atoms with E-state index in [9.17, 15) is 14.4 Å². The lowest BCUT2D eigenvalue weighted by Crippen LogP contribution is -2.35. The quantitative estimate of drug-likeness (QED) is 0.575. The Hall–Kier alpha value is -2.15. The molecule has 6 nitrogen and oxygen atoms in total. The van der Waals surface area contributed by atoms with Gasteiger partial charge in [-0.25, -0.2) is 4.79 Å². The van der Waals surface area contributed by atoms with Crippen LogP contribution in [-0.4, -0.2) is 52.2 Å². The van der Waals surface area contributed by atoms with Crippen LogP contribution in [0.5, 0.6) is 0 Å². The first-order chi connectivity index (χ1) is 12.0. The molecule has 0 saturated carbocycles. The van der Waals surface area contributed by atoms with Gasteiger partial charge in [-0.3, -0.25) is 19.5 Å². The zero-order valence-corrected chi connectivity index (χ0v) is 15.1. The number of nitrogens with zero attached hydrogens (tertiary/aromatic N) is 2. The molecule has 0 fully saturated rings. The number of esters is 1. The third-order valence-electron chi connectivity index (χ3n) is 4.26. The van der Waals surface area contributed by atoms with Crippen molar-refractivity contribution in [3.05, 3.63) is 35.4 Å².